The zero-order valence-corrected chi connectivity index (χ0v) is 12.6. The van der Waals surface area contributed by atoms with Gasteiger partial charge in [-0.15, -0.1) is 0 Å². The molecular formula is C19H17N3O. The zero-order valence-electron chi connectivity index (χ0n) is 12.6. The second kappa shape index (κ2) is 4.77. The van der Waals surface area contributed by atoms with Crippen molar-refractivity contribution in [2.45, 2.75) is 25.0 Å². The third-order valence-electron chi connectivity index (χ3n) is 5.34. The molecule has 5 rings (SSSR count). The van der Waals surface area contributed by atoms with E-state index in [2.05, 4.69) is 38.8 Å². The van der Waals surface area contributed by atoms with E-state index in [9.17, 15) is 5.11 Å². The van der Waals surface area contributed by atoms with Gasteiger partial charge in [0.15, 0.2) is 0 Å². The molecule has 4 nitrogen and oxygen atoms in total. The number of pyridine rings is 1. The van der Waals surface area contributed by atoms with Gasteiger partial charge in [-0.25, -0.2) is 4.98 Å². The fraction of sp³-hybridized carbons (Fsp3) is 0.263. The summed E-state index contributed by atoms with van der Waals surface area (Å²) in [5, 5.41) is 11.0. The normalized spacial score (nSPS) is 24.8. The molecule has 3 atom stereocenters. The Bertz CT molecular complexity index is 886. The van der Waals surface area contributed by atoms with Crippen LogP contribution in [0.5, 0.6) is 0 Å². The van der Waals surface area contributed by atoms with Gasteiger partial charge < -0.3 is 9.67 Å². The Hall–Kier alpha value is -2.46. The molecule has 1 aromatic carbocycles. The van der Waals surface area contributed by atoms with Crippen LogP contribution in [0, 0.1) is 5.92 Å². The van der Waals surface area contributed by atoms with Crippen LogP contribution in [0.4, 0.5) is 0 Å². The standard InChI is InChI=1S/C19H17N3O/c23-19-15(6-5-12-7-8-20-9-16(12)19)18-14-4-2-1-3-13(14)17-10-21-11-22(17)18/h1-4,7-11,15,18-19,23H,5-6H2/t15-,18?,19-/m1/s1. The number of aryl methyl sites for hydroxylation is 1. The van der Waals surface area contributed by atoms with E-state index in [1.54, 1.807) is 0 Å². The van der Waals surface area contributed by atoms with Crippen LogP contribution in [0.25, 0.3) is 11.3 Å². The predicted molar refractivity (Wildman–Crippen MR) is 86.8 cm³/mol. The maximum atomic E-state index is 11.0. The lowest BCUT2D eigenvalue weighted by Gasteiger charge is -2.35. The van der Waals surface area contributed by atoms with Gasteiger partial charge in [0.2, 0.25) is 0 Å². The number of rotatable bonds is 1. The number of hydrogen-bond donors (Lipinski definition) is 1. The molecule has 2 aliphatic rings. The minimum atomic E-state index is -0.487. The molecule has 1 aliphatic heterocycles. The van der Waals surface area contributed by atoms with Gasteiger partial charge in [0.1, 0.15) is 0 Å². The van der Waals surface area contributed by atoms with E-state index in [-0.39, 0.29) is 12.0 Å². The van der Waals surface area contributed by atoms with E-state index in [1.807, 2.05) is 31.0 Å². The summed E-state index contributed by atoms with van der Waals surface area (Å²) in [4.78, 5) is 8.54. The second-order valence-electron chi connectivity index (χ2n) is 6.44. The number of aliphatic hydroxyl groups is 1. The summed E-state index contributed by atoms with van der Waals surface area (Å²) in [6.07, 6.45) is 8.91. The topological polar surface area (TPSA) is 50.9 Å². The van der Waals surface area contributed by atoms with Crippen LogP contribution >= 0.6 is 0 Å². The number of aliphatic hydroxyl groups excluding tert-OH is 1. The first-order valence-corrected chi connectivity index (χ1v) is 8.06. The molecule has 3 heterocycles. The summed E-state index contributed by atoms with van der Waals surface area (Å²) in [6.45, 7) is 0. The van der Waals surface area contributed by atoms with Crippen LogP contribution in [-0.4, -0.2) is 19.6 Å². The lowest BCUT2D eigenvalue weighted by molar-refractivity contribution is 0.0717. The molecule has 0 saturated carbocycles. The number of fused-ring (bicyclic) bond motifs is 4. The summed E-state index contributed by atoms with van der Waals surface area (Å²) in [5.41, 5.74) is 5.88. The van der Waals surface area contributed by atoms with Gasteiger partial charge in [0.05, 0.1) is 30.4 Å². The quantitative estimate of drug-likeness (QED) is 0.751. The maximum absolute atomic E-state index is 11.0. The molecule has 1 N–H and O–H groups in total. The lowest BCUT2D eigenvalue weighted by atomic mass is 9.76. The van der Waals surface area contributed by atoms with E-state index in [0.717, 1.165) is 24.1 Å². The van der Waals surface area contributed by atoms with Crippen LogP contribution < -0.4 is 0 Å². The average molecular weight is 303 g/mol. The fourth-order valence-corrected chi connectivity index (χ4v) is 4.28. The SMILES string of the molecule is O[C@H]1c2cnccc2CC[C@@H]1C1c2ccccc2-c2cncn21. The van der Waals surface area contributed by atoms with Gasteiger partial charge in [-0.3, -0.25) is 4.98 Å². The smallest absolute Gasteiger partial charge is 0.0956 e. The first-order valence-electron chi connectivity index (χ1n) is 8.06. The van der Waals surface area contributed by atoms with E-state index >= 15 is 0 Å². The molecule has 2 aromatic heterocycles. The van der Waals surface area contributed by atoms with Gasteiger partial charge in [0.25, 0.3) is 0 Å². The number of nitrogens with zero attached hydrogens (tertiary/aromatic N) is 3. The van der Waals surface area contributed by atoms with E-state index in [4.69, 9.17) is 0 Å². The van der Waals surface area contributed by atoms with Gasteiger partial charge in [0, 0.05) is 29.4 Å². The van der Waals surface area contributed by atoms with Crippen LogP contribution in [0.3, 0.4) is 0 Å². The molecule has 0 fully saturated rings. The molecule has 0 bridgehead atoms. The van der Waals surface area contributed by atoms with Crippen molar-refractivity contribution in [2.24, 2.45) is 5.92 Å². The number of imidazole rings is 1. The van der Waals surface area contributed by atoms with Crippen molar-refractivity contribution >= 4 is 0 Å². The fourth-order valence-electron chi connectivity index (χ4n) is 4.28. The minimum absolute atomic E-state index is 0.142. The number of benzene rings is 1. The number of hydrogen-bond acceptors (Lipinski definition) is 3. The Morgan fingerprint density at radius 1 is 1.04 bits per heavy atom. The monoisotopic (exact) mass is 303 g/mol. The molecule has 4 heteroatoms. The van der Waals surface area contributed by atoms with Crippen LogP contribution in [-0.2, 0) is 6.42 Å². The molecule has 23 heavy (non-hydrogen) atoms. The molecule has 1 aliphatic carbocycles. The molecular weight excluding hydrogens is 286 g/mol. The van der Waals surface area contributed by atoms with Gasteiger partial charge >= 0.3 is 0 Å². The highest BCUT2D eigenvalue weighted by Crippen LogP contribution is 2.49. The summed E-state index contributed by atoms with van der Waals surface area (Å²) < 4.78 is 2.22. The maximum Gasteiger partial charge on any atom is 0.0956 e. The first kappa shape index (κ1) is 13.0. The molecule has 0 saturated heterocycles. The lowest BCUT2D eigenvalue weighted by Crippen LogP contribution is -2.28. The van der Waals surface area contributed by atoms with Crippen LogP contribution in [0.2, 0.25) is 0 Å². The summed E-state index contributed by atoms with van der Waals surface area (Å²) in [7, 11) is 0. The zero-order chi connectivity index (χ0) is 15.4. The predicted octanol–water partition coefficient (Wildman–Crippen LogP) is 3.14. The minimum Gasteiger partial charge on any atom is -0.388 e. The van der Waals surface area contributed by atoms with Crippen molar-refractivity contribution in [3.63, 3.8) is 0 Å². The molecule has 0 radical (unpaired) electrons. The highest BCUT2D eigenvalue weighted by Gasteiger charge is 2.40. The largest absolute Gasteiger partial charge is 0.388 e. The van der Waals surface area contributed by atoms with Crippen molar-refractivity contribution in [3.8, 4) is 11.3 Å². The second-order valence-corrected chi connectivity index (χ2v) is 6.44. The van der Waals surface area contributed by atoms with Crippen molar-refractivity contribution in [2.75, 3.05) is 0 Å². The van der Waals surface area contributed by atoms with Gasteiger partial charge in [-0.2, -0.15) is 0 Å². The van der Waals surface area contributed by atoms with Crippen molar-refractivity contribution in [1.29, 1.82) is 0 Å². The van der Waals surface area contributed by atoms with E-state index < -0.39 is 6.10 Å². The Morgan fingerprint density at radius 2 is 1.96 bits per heavy atom. The Balaban J connectivity index is 1.64. The molecule has 0 amide bonds. The average Bonchev–Trinajstić information content (AvgIpc) is 3.17. The molecule has 114 valence electrons. The van der Waals surface area contributed by atoms with Gasteiger partial charge in [-0.1, -0.05) is 24.3 Å². The van der Waals surface area contributed by atoms with Crippen LogP contribution in [0.1, 0.15) is 35.3 Å². The Morgan fingerprint density at radius 3 is 2.91 bits per heavy atom. The molecule has 1 unspecified atom stereocenters. The molecule has 0 spiro atoms. The summed E-state index contributed by atoms with van der Waals surface area (Å²) >= 11 is 0. The van der Waals surface area contributed by atoms with Crippen molar-refractivity contribution < 1.29 is 5.11 Å². The van der Waals surface area contributed by atoms with Crippen molar-refractivity contribution in [3.05, 3.63) is 71.9 Å². The highest BCUT2D eigenvalue weighted by molar-refractivity contribution is 5.69. The Labute approximate surface area is 134 Å². The van der Waals surface area contributed by atoms with E-state index in [0.29, 0.717) is 0 Å². The first-order chi connectivity index (χ1) is 11.3. The summed E-state index contributed by atoms with van der Waals surface area (Å²) in [5.74, 6) is 0.142. The number of aromatic nitrogens is 3. The highest BCUT2D eigenvalue weighted by atomic mass is 16.3. The van der Waals surface area contributed by atoms with E-state index in [1.165, 1.54) is 16.7 Å². The third kappa shape index (κ3) is 1.75. The van der Waals surface area contributed by atoms with Crippen LogP contribution in [0.15, 0.2) is 55.2 Å². The molecule has 3 aromatic rings. The third-order valence-corrected chi connectivity index (χ3v) is 5.34. The van der Waals surface area contributed by atoms with Gasteiger partial charge in [-0.05, 0) is 30.0 Å². The summed E-state index contributed by atoms with van der Waals surface area (Å²) in [6, 6.07) is 10.6. The Kier molecular flexibility index (Phi) is 2.70. The van der Waals surface area contributed by atoms with Crippen molar-refractivity contribution in [1.82, 2.24) is 14.5 Å².